The molecule has 1 N–H and O–H groups in total. The Morgan fingerprint density at radius 2 is 1.76 bits per heavy atom. The van der Waals surface area contributed by atoms with E-state index in [1.54, 1.807) is 17.7 Å². The molecule has 5 nitrogen and oxygen atoms in total. The molecule has 0 saturated heterocycles. The van der Waals surface area contributed by atoms with Crippen LogP contribution in [0.3, 0.4) is 0 Å². The van der Waals surface area contributed by atoms with Gasteiger partial charge in [0.25, 0.3) is 0 Å². The van der Waals surface area contributed by atoms with Gasteiger partial charge >= 0.3 is 0 Å². The Bertz CT molecular complexity index is 1050. The van der Waals surface area contributed by atoms with Crippen LogP contribution in [-0.2, 0) is 11.3 Å². The molecule has 1 unspecified atom stereocenters. The lowest BCUT2D eigenvalue weighted by molar-refractivity contribution is 0.0324. The third-order valence-corrected chi connectivity index (χ3v) is 5.73. The zero-order chi connectivity index (χ0) is 20.1. The lowest BCUT2D eigenvalue weighted by Gasteiger charge is -2.22. The van der Waals surface area contributed by atoms with E-state index < -0.39 is 6.10 Å². The number of anilines is 1. The number of hydrogen-bond donors (Lipinski definition) is 1. The smallest absolute Gasteiger partial charge is 0.140 e. The van der Waals surface area contributed by atoms with Gasteiger partial charge in [-0.05, 0) is 17.2 Å². The highest BCUT2D eigenvalue weighted by Gasteiger charge is 2.16. The Kier molecular flexibility index (Phi) is 6.14. The molecule has 29 heavy (non-hydrogen) atoms. The summed E-state index contributed by atoms with van der Waals surface area (Å²) in [4.78, 5) is 12.9. The second-order valence-corrected chi connectivity index (χ2v) is 7.96. The van der Waals surface area contributed by atoms with E-state index in [9.17, 15) is 5.11 Å². The summed E-state index contributed by atoms with van der Waals surface area (Å²) in [5.41, 5.74) is 2.26. The van der Waals surface area contributed by atoms with Crippen molar-refractivity contribution in [2.24, 2.45) is 0 Å². The summed E-state index contributed by atoms with van der Waals surface area (Å²) in [6.07, 6.45) is 0.971. The summed E-state index contributed by atoms with van der Waals surface area (Å²) in [5.74, 6) is 0.815. The van der Waals surface area contributed by atoms with Crippen LogP contribution >= 0.6 is 11.3 Å². The van der Waals surface area contributed by atoms with Crippen LogP contribution in [0.2, 0.25) is 0 Å². The number of thiophene rings is 1. The number of nitrogens with zero attached hydrogens (tertiary/aromatic N) is 3. The van der Waals surface area contributed by atoms with Gasteiger partial charge in [0.1, 0.15) is 17.0 Å². The van der Waals surface area contributed by atoms with Crippen molar-refractivity contribution < 1.29 is 9.84 Å². The van der Waals surface area contributed by atoms with E-state index in [2.05, 4.69) is 28.2 Å². The SMILES string of the molecule is CN(CC(O)COCc1ccccc1)c1ncnc2sc(-c3ccccc3)cc12. The molecular formula is C23H23N3O2S. The van der Waals surface area contributed by atoms with Gasteiger partial charge in [0.15, 0.2) is 0 Å². The van der Waals surface area contributed by atoms with Gasteiger partial charge in [-0.1, -0.05) is 60.7 Å². The molecule has 1 atom stereocenters. The van der Waals surface area contributed by atoms with Crippen molar-refractivity contribution in [2.75, 3.05) is 25.1 Å². The second kappa shape index (κ2) is 9.13. The second-order valence-electron chi connectivity index (χ2n) is 6.93. The van der Waals surface area contributed by atoms with Crippen molar-refractivity contribution in [1.82, 2.24) is 9.97 Å². The molecule has 0 aliphatic carbocycles. The quantitative estimate of drug-likeness (QED) is 0.472. The molecule has 6 heteroatoms. The summed E-state index contributed by atoms with van der Waals surface area (Å²) in [7, 11) is 1.93. The number of likely N-dealkylation sites (N-methyl/N-ethyl adjacent to an activating group) is 1. The van der Waals surface area contributed by atoms with E-state index >= 15 is 0 Å². The molecular weight excluding hydrogens is 382 g/mol. The summed E-state index contributed by atoms with van der Waals surface area (Å²) >= 11 is 1.65. The molecule has 2 aromatic carbocycles. The minimum Gasteiger partial charge on any atom is -0.389 e. The first-order chi connectivity index (χ1) is 14.2. The number of aliphatic hydroxyl groups excluding tert-OH is 1. The molecule has 0 aliphatic rings. The zero-order valence-electron chi connectivity index (χ0n) is 16.2. The van der Waals surface area contributed by atoms with Crippen molar-refractivity contribution in [1.29, 1.82) is 0 Å². The lowest BCUT2D eigenvalue weighted by atomic mass is 10.2. The molecule has 0 fully saturated rings. The fourth-order valence-electron chi connectivity index (χ4n) is 3.23. The lowest BCUT2D eigenvalue weighted by Crippen LogP contribution is -2.32. The maximum Gasteiger partial charge on any atom is 0.140 e. The summed E-state index contributed by atoms with van der Waals surface area (Å²) in [6, 6.07) is 22.3. The van der Waals surface area contributed by atoms with Gasteiger partial charge in [0.05, 0.1) is 24.7 Å². The minimum absolute atomic E-state index is 0.270. The number of aromatic nitrogens is 2. The highest BCUT2D eigenvalue weighted by Crippen LogP contribution is 2.35. The summed E-state index contributed by atoms with van der Waals surface area (Å²) in [5, 5.41) is 11.4. The molecule has 2 heterocycles. The van der Waals surface area contributed by atoms with Crippen LogP contribution in [0, 0.1) is 0 Å². The topological polar surface area (TPSA) is 58.5 Å². The van der Waals surface area contributed by atoms with Crippen LogP contribution in [0.15, 0.2) is 73.1 Å². The molecule has 0 amide bonds. The standard InChI is InChI=1S/C23H23N3O2S/c1-26(13-19(27)15-28-14-17-8-4-2-5-9-17)22-20-12-21(18-10-6-3-7-11-18)29-23(20)25-16-24-22/h2-12,16,19,27H,13-15H2,1H3. The molecule has 148 valence electrons. The van der Waals surface area contributed by atoms with E-state index in [0.717, 1.165) is 26.5 Å². The third kappa shape index (κ3) is 4.79. The molecule has 0 spiro atoms. The fraction of sp³-hybridized carbons (Fsp3) is 0.217. The highest BCUT2D eigenvalue weighted by atomic mass is 32.1. The zero-order valence-corrected chi connectivity index (χ0v) is 17.0. The number of aliphatic hydroxyl groups is 1. The summed E-state index contributed by atoms with van der Waals surface area (Å²) in [6.45, 7) is 1.19. The van der Waals surface area contributed by atoms with Crippen molar-refractivity contribution in [2.45, 2.75) is 12.7 Å². The molecule has 4 aromatic rings. The predicted octanol–water partition coefficient (Wildman–Crippen LogP) is 4.37. The number of ether oxygens (including phenoxy) is 1. The van der Waals surface area contributed by atoms with Crippen LogP contribution in [0.1, 0.15) is 5.56 Å². The van der Waals surface area contributed by atoms with Gasteiger partial charge in [-0.15, -0.1) is 11.3 Å². The average Bonchev–Trinajstić information content (AvgIpc) is 3.19. The van der Waals surface area contributed by atoms with Gasteiger partial charge in [-0.3, -0.25) is 0 Å². The monoisotopic (exact) mass is 405 g/mol. The molecule has 4 rings (SSSR count). The van der Waals surface area contributed by atoms with Crippen molar-refractivity contribution >= 4 is 27.4 Å². The number of benzene rings is 2. The van der Waals surface area contributed by atoms with Gasteiger partial charge in [-0.2, -0.15) is 0 Å². The number of rotatable bonds is 8. The van der Waals surface area contributed by atoms with Crippen LogP contribution in [0.25, 0.3) is 20.7 Å². The van der Waals surface area contributed by atoms with Gasteiger partial charge < -0.3 is 14.7 Å². The molecule has 0 aliphatic heterocycles. The van der Waals surface area contributed by atoms with Gasteiger partial charge in [-0.25, -0.2) is 9.97 Å². The van der Waals surface area contributed by atoms with Crippen molar-refractivity contribution in [3.63, 3.8) is 0 Å². The minimum atomic E-state index is -0.610. The first kappa shape index (κ1) is 19.5. The normalized spacial score (nSPS) is 12.2. The summed E-state index contributed by atoms with van der Waals surface area (Å²) < 4.78 is 5.66. The third-order valence-electron chi connectivity index (χ3n) is 4.63. The first-order valence-electron chi connectivity index (χ1n) is 9.51. The van der Waals surface area contributed by atoms with E-state index in [0.29, 0.717) is 13.2 Å². The van der Waals surface area contributed by atoms with E-state index in [4.69, 9.17) is 4.74 Å². The Balaban J connectivity index is 1.42. The Labute approximate surface area is 174 Å². The van der Waals surface area contributed by atoms with Crippen LogP contribution in [0.4, 0.5) is 5.82 Å². The van der Waals surface area contributed by atoms with E-state index in [1.165, 1.54) is 5.56 Å². The van der Waals surface area contributed by atoms with Crippen LogP contribution in [0.5, 0.6) is 0 Å². The number of hydrogen-bond acceptors (Lipinski definition) is 6. The van der Waals surface area contributed by atoms with Crippen molar-refractivity contribution in [3.8, 4) is 10.4 Å². The molecule has 2 aromatic heterocycles. The first-order valence-corrected chi connectivity index (χ1v) is 10.3. The largest absolute Gasteiger partial charge is 0.389 e. The van der Waals surface area contributed by atoms with Gasteiger partial charge in [0.2, 0.25) is 0 Å². The van der Waals surface area contributed by atoms with E-state index in [-0.39, 0.29) is 6.61 Å². The number of fused-ring (bicyclic) bond motifs is 1. The predicted molar refractivity (Wildman–Crippen MR) is 118 cm³/mol. The maximum absolute atomic E-state index is 10.4. The van der Waals surface area contributed by atoms with Gasteiger partial charge in [0, 0.05) is 18.5 Å². The molecule has 0 radical (unpaired) electrons. The van der Waals surface area contributed by atoms with E-state index in [1.807, 2.05) is 60.5 Å². The Morgan fingerprint density at radius 3 is 2.52 bits per heavy atom. The molecule has 0 bridgehead atoms. The maximum atomic E-state index is 10.4. The van der Waals surface area contributed by atoms with Crippen molar-refractivity contribution in [3.05, 3.63) is 78.6 Å². The Morgan fingerprint density at radius 1 is 1.03 bits per heavy atom. The average molecular weight is 406 g/mol. The Hall–Kier alpha value is -2.80. The van der Waals surface area contributed by atoms with Crippen LogP contribution in [-0.4, -0.2) is 41.4 Å². The fourth-order valence-corrected chi connectivity index (χ4v) is 4.23. The highest BCUT2D eigenvalue weighted by molar-refractivity contribution is 7.21. The van der Waals surface area contributed by atoms with Crippen LogP contribution < -0.4 is 4.90 Å². The molecule has 0 saturated carbocycles.